The maximum atomic E-state index is 12.0. The number of nitro benzene ring substituents is 1. The van der Waals surface area contributed by atoms with Crippen molar-refractivity contribution in [2.75, 3.05) is 13.2 Å². The zero-order chi connectivity index (χ0) is 16.9. The smallest absolute Gasteiger partial charge is 0.370 e. The van der Waals surface area contributed by atoms with Gasteiger partial charge in [0.05, 0.1) is 11.5 Å². The van der Waals surface area contributed by atoms with Gasteiger partial charge in [0, 0.05) is 23.2 Å². The molecule has 0 unspecified atom stereocenters. The summed E-state index contributed by atoms with van der Waals surface area (Å²) in [7, 11) is 0. The van der Waals surface area contributed by atoms with Crippen molar-refractivity contribution in [3.05, 3.63) is 39.4 Å². The number of nitro groups is 1. The van der Waals surface area contributed by atoms with Crippen LogP contribution in [0.15, 0.2) is 18.2 Å². The average Bonchev–Trinajstić information content (AvgIpc) is 2.36. The molecule has 6 nitrogen and oxygen atoms in total. The number of alkyl halides is 3. The number of nitrogens with zero attached hydrogens (tertiary/aromatic N) is 1. The maximum Gasteiger partial charge on any atom is 0.411 e. The minimum atomic E-state index is -4.43. The summed E-state index contributed by atoms with van der Waals surface area (Å²) in [5, 5.41) is 13.2. The molecule has 9 heteroatoms. The predicted molar refractivity (Wildman–Crippen MR) is 71.6 cm³/mol. The van der Waals surface area contributed by atoms with Gasteiger partial charge in [-0.25, -0.2) is 0 Å². The highest BCUT2D eigenvalue weighted by atomic mass is 19.4. The summed E-state index contributed by atoms with van der Waals surface area (Å²) < 4.78 is 40.2. The first-order chi connectivity index (χ1) is 10.1. The van der Waals surface area contributed by atoms with Gasteiger partial charge >= 0.3 is 6.18 Å². The molecule has 1 N–H and O–H groups in total. The highest BCUT2D eigenvalue weighted by Gasteiger charge is 2.28. The molecule has 1 aromatic carbocycles. The lowest BCUT2D eigenvalue weighted by Crippen LogP contribution is -2.37. The van der Waals surface area contributed by atoms with Crippen molar-refractivity contribution in [3.8, 4) is 0 Å². The molecule has 1 amide bonds. The topological polar surface area (TPSA) is 81.5 Å². The van der Waals surface area contributed by atoms with Crippen LogP contribution in [0.3, 0.4) is 0 Å². The van der Waals surface area contributed by atoms with Crippen LogP contribution in [0.2, 0.25) is 0 Å². The normalized spacial score (nSPS) is 12.8. The summed E-state index contributed by atoms with van der Waals surface area (Å²) in [4.78, 5) is 22.2. The van der Waals surface area contributed by atoms with Crippen LogP contribution >= 0.6 is 0 Å². The zero-order valence-corrected chi connectivity index (χ0v) is 11.9. The molecule has 122 valence electrons. The van der Waals surface area contributed by atoms with Crippen LogP contribution in [0.4, 0.5) is 18.9 Å². The largest absolute Gasteiger partial charge is 0.411 e. The minimum Gasteiger partial charge on any atom is -0.370 e. The van der Waals surface area contributed by atoms with E-state index in [-0.39, 0.29) is 23.4 Å². The van der Waals surface area contributed by atoms with Crippen molar-refractivity contribution in [1.29, 1.82) is 0 Å². The van der Waals surface area contributed by atoms with E-state index in [2.05, 4.69) is 10.1 Å². The highest BCUT2D eigenvalue weighted by molar-refractivity contribution is 5.96. The summed E-state index contributed by atoms with van der Waals surface area (Å²) in [6, 6.07) is 3.36. The number of carbonyl (C=O) groups excluding carboxylic acids is 1. The van der Waals surface area contributed by atoms with Gasteiger partial charge in [-0.2, -0.15) is 13.2 Å². The third-order valence-electron chi connectivity index (χ3n) is 2.76. The molecule has 1 atom stereocenters. The standard InChI is InChI=1S/C13H15F3N2O4/c1-8(6-22-7-13(14,15)16)17-12(19)10-4-3-5-11(9(10)2)18(20)21/h3-5,8H,6-7H2,1-2H3,(H,17,19)/t8-/m1/s1. The van der Waals surface area contributed by atoms with Crippen LogP contribution in [-0.4, -0.2) is 36.3 Å². The molecule has 0 radical (unpaired) electrons. The molecule has 0 aliphatic heterocycles. The van der Waals surface area contributed by atoms with E-state index in [0.29, 0.717) is 0 Å². The third kappa shape index (κ3) is 5.32. The van der Waals surface area contributed by atoms with Gasteiger partial charge in [-0.15, -0.1) is 0 Å². The van der Waals surface area contributed by atoms with E-state index in [1.807, 2.05) is 0 Å². The number of halogens is 3. The van der Waals surface area contributed by atoms with Crippen molar-refractivity contribution in [3.63, 3.8) is 0 Å². The molecule has 1 aromatic rings. The molecule has 0 aromatic heterocycles. The fourth-order valence-corrected chi connectivity index (χ4v) is 1.76. The van der Waals surface area contributed by atoms with Gasteiger partial charge in [0.2, 0.25) is 0 Å². The molecule has 0 spiro atoms. The lowest BCUT2D eigenvalue weighted by atomic mass is 10.1. The molecule has 0 aliphatic carbocycles. The second kappa shape index (κ2) is 7.21. The van der Waals surface area contributed by atoms with E-state index in [1.165, 1.54) is 32.0 Å². The van der Waals surface area contributed by atoms with Crippen molar-refractivity contribution >= 4 is 11.6 Å². The molecule has 22 heavy (non-hydrogen) atoms. The Morgan fingerprint density at radius 1 is 1.45 bits per heavy atom. The lowest BCUT2D eigenvalue weighted by Gasteiger charge is -2.16. The van der Waals surface area contributed by atoms with E-state index < -0.39 is 29.7 Å². The SMILES string of the molecule is Cc1c(C(=O)N[C@H](C)COCC(F)(F)F)cccc1[N+](=O)[O-]. The summed E-state index contributed by atoms with van der Waals surface area (Å²) in [6.07, 6.45) is -4.43. The van der Waals surface area contributed by atoms with Crippen LogP contribution in [0.1, 0.15) is 22.8 Å². The molecule has 0 saturated carbocycles. The number of hydrogen-bond acceptors (Lipinski definition) is 4. The Hall–Kier alpha value is -2.16. The third-order valence-corrected chi connectivity index (χ3v) is 2.76. The molecule has 0 heterocycles. The van der Waals surface area contributed by atoms with Gasteiger partial charge in [-0.05, 0) is 19.9 Å². The molecule has 1 rings (SSSR count). The predicted octanol–water partition coefficient (Wildman–Crippen LogP) is 2.60. The second-order valence-electron chi connectivity index (χ2n) is 4.71. The first-order valence-electron chi connectivity index (χ1n) is 6.31. The van der Waals surface area contributed by atoms with E-state index in [0.717, 1.165) is 0 Å². The number of hydrogen-bond donors (Lipinski definition) is 1. The molecular weight excluding hydrogens is 305 g/mol. The number of nitrogens with one attached hydrogen (secondary N) is 1. The summed E-state index contributed by atoms with van der Waals surface area (Å²) in [5.41, 5.74) is 0.0823. The number of benzene rings is 1. The van der Waals surface area contributed by atoms with E-state index in [9.17, 15) is 28.1 Å². The summed E-state index contributed by atoms with van der Waals surface area (Å²) in [6.45, 7) is 1.18. The highest BCUT2D eigenvalue weighted by Crippen LogP contribution is 2.21. The molecule has 0 saturated heterocycles. The summed E-state index contributed by atoms with van der Waals surface area (Å²) >= 11 is 0. The Kier molecular flexibility index (Phi) is 5.86. The molecular formula is C13H15F3N2O4. The first kappa shape index (κ1) is 17.9. The molecule has 0 fully saturated rings. The quantitative estimate of drug-likeness (QED) is 0.645. The Balaban J connectivity index is 2.66. The van der Waals surface area contributed by atoms with Crippen LogP contribution in [-0.2, 0) is 4.74 Å². The van der Waals surface area contributed by atoms with Crippen molar-refractivity contribution in [1.82, 2.24) is 5.32 Å². The zero-order valence-electron chi connectivity index (χ0n) is 11.9. The van der Waals surface area contributed by atoms with Gasteiger partial charge in [0.1, 0.15) is 6.61 Å². The van der Waals surface area contributed by atoms with Crippen LogP contribution in [0, 0.1) is 17.0 Å². The second-order valence-corrected chi connectivity index (χ2v) is 4.71. The molecule has 0 bridgehead atoms. The first-order valence-corrected chi connectivity index (χ1v) is 6.31. The Morgan fingerprint density at radius 3 is 2.64 bits per heavy atom. The van der Waals surface area contributed by atoms with Gasteiger partial charge in [0.25, 0.3) is 11.6 Å². The number of carbonyl (C=O) groups is 1. The van der Waals surface area contributed by atoms with Gasteiger partial charge in [-0.3, -0.25) is 14.9 Å². The Bertz CT molecular complexity index is 561. The molecule has 0 aliphatic rings. The van der Waals surface area contributed by atoms with E-state index >= 15 is 0 Å². The van der Waals surface area contributed by atoms with Gasteiger partial charge in [0.15, 0.2) is 0 Å². The van der Waals surface area contributed by atoms with Crippen molar-refractivity contribution in [2.24, 2.45) is 0 Å². The summed E-state index contributed by atoms with van der Waals surface area (Å²) in [5.74, 6) is -0.607. The fourth-order valence-electron chi connectivity index (χ4n) is 1.76. The van der Waals surface area contributed by atoms with Gasteiger partial charge < -0.3 is 10.1 Å². The maximum absolute atomic E-state index is 12.0. The van der Waals surface area contributed by atoms with Crippen molar-refractivity contribution in [2.45, 2.75) is 26.1 Å². The lowest BCUT2D eigenvalue weighted by molar-refractivity contribution is -0.385. The Morgan fingerprint density at radius 2 is 2.09 bits per heavy atom. The average molecular weight is 320 g/mol. The monoisotopic (exact) mass is 320 g/mol. The van der Waals surface area contributed by atoms with E-state index in [1.54, 1.807) is 0 Å². The Labute approximate surface area is 124 Å². The van der Waals surface area contributed by atoms with Crippen LogP contribution < -0.4 is 5.32 Å². The van der Waals surface area contributed by atoms with Crippen LogP contribution in [0.5, 0.6) is 0 Å². The number of ether oxygens (including phenoxy) is 1. The number of amides is 1. The fraction of sp³-hybridized carbons (Fsp3) is 0.462. The minimum absolute atomic E-state index is 0.0943. The van der Waals surface area contributed by atoms with Crippen LogP contribution in [0.25, 0.3) is 0 Å². The van der Waals surface area contributed by atoms with Crippen molar-refractivity contribution < 1.29 is 27.6 Å². The number of rotatable bonds is 6. The van der Waals surface area contributed by atoms with E-state index in [4.69, 9.17) is 0 Å². The van der Waals surface area contributed by atoms with Gasteiger partial charge in [-0.1, -0.05) is 6.07 Å².